The van der Waals surface area contributed by atoms with Crippen molar-refractivity contribution in [3.8, 4) is 11.5 Å². The number of imidazole rings is 1. The molecular formula is C19H26N6O3. The zero-order valence-electron chi connectivity index (χ0n) is 16.5. The van der Waals surface area contributed by atoms with E-state index in [-0.39, 0.29) is 5.75 Å². The Morgan fingerprint density at radius 2 is 2.00 bits per heavy atom. The summed E-state index contributed by atoms with van der Waals surface area (Å²) >= 11 is 0. The van der Waals surface area contributed by atoms with Crippen LogP contribution in [-0.4, -0.2) is 49.0 Å². The first kappa shape index (κ1) is 19.7. The van der Waals surface area contributed by atoms with Crippen LogP contribution in [0, 0.1) is 0 Å². The standard InChI is InChI=1S/C19H26N6O3/c1-5-25-11-22-15-16(20-9-12-8-13(28-4)6-7-14(12)26)23-18(24-17(15)25)21-10-19(2,3)27/h6-8,11,26-27H,5,9-10H2,1-4H3,(H2,20,21,23,24). The molecule has 0 aliphatic heterocycles. The molecule has 0 amide bonds. The Hall–Kier alpha value is -3.07. The summed E-state index contributed by atoms with van der Waals surface area (Å²) in [6.45, 7) is 6.77. The van der Waals surface area contributed by atoms with Gasteiger partial charge >= 0.3 is 0 Å². The SMILES string of the molecule is CCn1cnc2c(NCc3cc(OC)ccc3O)nc(NCC(C)(C)O)nc21. The van der Waals surface area contributed by atoms with Crippen LogP contribution in [0.25, 0.3) is 11.2 Å². The Labute approximate surface area is 163 Å². The number of ether oxygens (including phenoxy) is 1. The third kappa shape index (κ3) is 4.42. The number of nitrogens with one attached hydrogen (secondary N) is 2. The third-order valence-electron chi connectivity index (χ3n) is 4.22. The molecule has 4 N–H and O–H groups in total. The van der Waals surface area contributed by atoms with E-state index in [1.165, 1.54) is 0 Å². The van der Waals surface area contributed by atoms with E-state index in [9.17, 15) is 10.2 Å². The van der Waals surface area contributed by atoms with Crippen molar-refractivity contribution in [2.45, 2.75) is 39.5 Å². The summed E-state index contributed by atoms with van der Waals surface area (Å²) in [7, 11) is 1.58. The molecule has 150 valence electrons. The number of rotatable bonds is 8. The predicted octanol–water partition coefficient (Wildman–Crippen LogP) is 2.36. The van der Waals surface area contributed by atoms with Gasteiger partial charge in [-0.05, 0) is 39.0 Å². The summed E-state index contributed by atoms with van der Waals surface area (Å²) in [5, 5.41) is 26.4. The summed E-state index contributed by atoms with van der Waals surface area (Å²) in [5.74, 6) is 1.75. The number of hydrogen-bond donors (Lipinski definition) is 4. The molecule has 0 atom stereocenters. The number of phenols is 1. The van der Waals surface area contributed by atoms with E-state index in [1.807, 2.05) is 11.5 Å². The lowest BCUT2D eigenvalue weighted by Gasteiger charge is -2.18. The van der Waals surface area contributed by atoms with Crippen molar-refractivity contribution in [2.75, 3.05) is 24.3 Å². The van der Waals surface area contributed by atoms with Crippen LogP contribution in [0.5, 0.6) is 11.5 Å². The molecule has 0 saturated heterocycles. The number of fused-ring (bicyclic) bond motifs is 1. The van der Waals surface area contributed by atoms with E-state index >= 15 is 0 Å². The van der Waals surface area contributed by atoms with E-state index in [0.29, 0.717) is 53.9 Å². The molecular weight excluding hydrogens is 360 g/mol. The summed E-state index contributed by atoms with van der Waals surface area (Å²) < 4.78 is 7.14. The maximum Gasteiger partial charge on any atom is 0.226 e. The van der Waals surface area contributed by atoms with Crippen molar-refractivity contribution in [3.63, 3.8) is 0 Å². The molecule has 0 aliphatic carbocycles. The van der Waals surface area contributed by atoms with Crippen molar-refractivity contribution >= 4 is 22.9 Å². The number of phenolic OH excluding ortho intramolecular Hbond substituents is 1. The van der Waals surface area contributed by atoms with E-state index in [1.54, 1.807) is 45.5 Å². The Kier molecular flexibility index (Phi) is 5.55. The molecule has 9 heteroatoms. The summed E-state index contributed by atoms with van der Waals surface area (Å²) in [4.78, 5) is 13.5. The van der Waals surface area contributed by atoms with Crippen molar-refractivity contribution in [2.24, 2.45) is 0 Å². The van der Waals surface area contributed by atoms with Gasteiger partial charge in [0.25, 0.3) is 0 Å². The Morgan fingerprint density at radius 3 is 2.68 bits per heavy atom. The molecule has 9 nitrogen and oxygen atoms in total. The van der Waals surface area contributed by atoms with Gasteiger partial charge in [-0.3, -0.25) is 0 Å². The fourth-order valence-corrected chi connectivity index (χ4v) is 2.68. The van der Waals surface area contributed by atoms with Crippen molar-refractivity contribution < 1.29 is 14.9 Å². The molecule has 3 aromatic rings. The van der Waals surface area contributed by atoms with Gasteiger partial charge in [0.15, 0.2) is 17.0 Å². The molecule has 0 saturated carbocycles. The van der Waals surface area contributed by atoms with Crippen LogP contribution in [0.4, 0.5) is 11.8 Å². The predicted molar refractivity (Wildman–Crippen MR) is 108 cm³/mol. The van der Waals surface area contributed by atoms with Crippen LogP contribution >= 0.6 is 0 Å². The highest BCUT2D eigenvalue weighted by atomic mass is 16.5. The van der Waals surface area contributed by atoms with E-state index in [4.69, 9.17) is 4.74 Å². The maximum atomic E-state index is 10.1. The highest BCUT2D eigenvalue weighted by Gasteiger charge is 2.16. The first-order valence-electron chi connectivity index (χ1n) is 9.09. The number of aromatic hydroxyl groups is 1. The quantitative estimate of drug-likeness (QED) is 0.466. The van der Waals surface area contributed by atoms with Gasteiger partial charge in [0.05, 0.1) is 19.0 Å². The van der Waals surface area contributed by atoms with Crippen molar-refractivity contribution in [1.29, 1.82) is 0 Å². The number of anilines is 2. The lowest BCUT2D eigenvalue weighted by Crippen LogP contribution is -2.30. The molecule has 3 rings (SSSR count). The van der Waals surface area contributed by atoms with Crippen LogP contribution in [0.3, 0.4) is 0 Å². The molecule has 0 fully saturated rings. The number of aliphatic hydroxyl groups is 1. The molecule has 0 spiro atoms. The molecule has 2 heterocycles. The monoisotopic (exact) mass is 386 g/mol. The number of aromatic nitrogens is 4. The molecule has 1 aromatic carbocycles. The van der Waals surface area contributed by atoms with Gasteiger partial charge in [0, 0.05) is 25.2 Å². The number of methoxy groups -OCH3 is 1. The van der Waals surface area contributed by atoms with Gasteiger partial charge in [-0.15, -0.1) is 0 Å². The van der Waals surface area contributed by atoms with Crippen LogP contribution in [0.15, 0.2) is 24.5 Å². The fourth-order valence-electron chi connectivity index (χ4n) is 2.68. The fraction of sp³-hybridized carbons (Fsp3) is 0.421. The van der Waals surface area contributed by atoms with Gasteiger partial charge < -0.3 is 30.2 Å². The zero-order chi connectivity index (χ0) is 20.3. The number of benzene rings is 1. The summed E-state index contributed by atoms with van der Waals surface area (Å²) in [6.07, 6.45) is 1.72. The Bertz CT molecular complexity index is 964. The number of nitrogens with zero attached hydrogens (tertiary/aromatic N) is 4. The molecule has 28 heavy (non-hydrogen) atoms. The second-order valence-electron chi connectivity index (χ2n) is 7.11. The van der Waals surface area contributed by atoms with Gasteiger partial charge in [0.2, 0.25) is 5.95 Å². The third-order valence-corrected chi connectivity index (χ3v) is 4.22. The molecule has 0 radical (unpaired) electrons. The van der Waals surface area contributed by atoms with Crippen LogP contribution in [0.1, 0.15) is 26.3 Å². The minimum atomic E-state index is -0.900. The molecule has 2 aromatic heterocycles. The first-order valence-corrected chi connectivity index (χ1v) is 9.09. The van der Waals surface area contributed by atoms with Gasteiger partial charge in [-0.1, -0.05) is 0 Å². The first-order chi connectivity index (χ1) is 13.3. The Balaban J connectivity index is 1.91. The van der Waals surface area contributed by atoms with Crippen LogP contribution in [-0.2, 0) is 13.1 Å². The van der Waals surface area contributed by atoms with E-state index in [0.717, 1.165) is 0 Å². The van der Waals surface area contributed by atoms with Crippen molar-refractivity contribution in [3.05, 3.63) is 30.1 Å². The average Bonchev–Trinajstić information content (AvgIpc) is 3.08. The van der Waals surface area contributed by atoms with E-state index in [2.05, 4.69) is 25.6 Å². The molecule has 0 bridgehead atoms. The topological polar surface area (TPSA) is 117 Å². The second-order valence-corrected chi connectivity index (χ2v) is 7.11. The van der Waals surface area contributed by atoms with Crippen LogP contribution < -0.4 is 15.4 Å². The van der Waals surface area contributed by atoms with Crippen LogP contribution in [0.2, 0.25) is 0 Å². The van der Waals surface area contributed by atoms with E-state index < -0.39 is 5.60 Å². The number of aryl methyl sites for hydroxylation is 1. The smallest absolute Gasteiger partial charge is 0.226 e. The van der Waals surface area contributed by atoms with Gasteiger partial charge in [-0.2, -0.15) is 9.97 Å². The maximum absolute atomic E-state index is 10.1. The lowest BCUT2D eigenvalue weighted by molar-refractivity contribution is 0.0943. The lowest BCUT2D eigenvalue weighted by atomic mass is 10.1. The molecule has 0 unspecified atom stereocenters. The normalized spacial score (nSPS) is 11.6. The van der Waals surface area contributed by atoms with Gasteiger partial charge in [0.1, 0.15) is 11.5 Å². The zero-order valence-corrected chi connectivity index (χ0v) is 16.5. The largest absolute Gasteiger partial charge is 0.508 e. The average molecular weight is 386 g/mol. The highest BCUT2D eigenvalue weighted by Crippen LogP contribution is 2.26. The molecule has 0 aliphatic rings. The summed E-state index contributed by atoms with van der Waals surface area (Å²) in [6, 6.07) is 5.05. The minimum Gasteiger partial charge on any atom is -0.508 e. The van der Waals surface area contributed by atoms with Crippen molar-refractivity contribution in [1.82, 2.24) is 19.5 Å². The Morgan fingerprint density at radius 1 is 1.21 bits per heavy atom. The van der Waals surface area contributed by atoms with Gasteiger partial charge in [-0.25, -0.2) is 4.98 Å². The minimum absolute atomic E-state index is 0.165. The number of hydrogen-bond acceptors (Lipinski definition) is 8. The second kappa shape index (κ2) is 7.89. The summed E-state index contributed by atoms with van der Waals surface area (Å²) in [5.41, 5.74) is 1.10. The highest BCUT2D eigenvalue weighted by molar-refractivity contribution is 5.84.